The molecule has 0 saturated carbocycles. The third kappa shape index (κ3) is 1.84. The van der Waals surface area contributed by atoms with Crippen molar-refractivity contribution in [2.24, 2.45) is 0 Å². The molecule has 0 bridgehead atoms. The van der Waals surface area contributed by atoms with Gasteiger partial charge in [-0.3, -0.25) is 14.7 Å². The summed E-state index contributed by atoms with van der Waals surface area (Å²) in [5.74, 6) is -0.274. The molecule has 0 fully saturated rings. The van der Waals surface area contributed by atoms with E-state index in [4.69, 9.17) is 4.42 Å². The SMILES string of the molecule is Cc1[nH]nc2c1[C@@H](C(=O)c1cc3ccccc3o1)CC(=O)N2. The summed E-state index contributed by atoms with van der Waals surface area (Å²) in [7, 11) is 0. The Bertz CT molecular complexity index is 873. The van der Waals surface area contributed by atoms with E-state index in [9.17, 15) is 9.59 Å². The minimum Gasteiger partial charge on any atom is -0.453 e. The molecule has 1 amide bonds. The van der Waals surface area contributed by atoms with Crippen LogP contribution in [0.2, 0.25) is 0 Å². The Morgan fingerprint density at radius 2 is 2.18 bits per heavy atom. The van der Waals surface area contributed by atoms with Crippen LogP contribution in [0.5, 0.6) is 0 Å². The molecule has 1 aromatic carbocycles. The van der Waals surface area contributed by atoms with Crippen LogP contribution in [-0.2, 0) is 4.79 Å². The second-order valence-electron chi connectivity index (χ2n) is 5.43. The van der Waals surface area contributed by atoms with Gasteiger partial charge in [0.2, 0.25) is 11.7 Å². The number of aryl methyl sites for hydroxylation is 1. The molecule has 4 rings (SSSR count). The van der Waals surface area contributed by atoms with Crippen LogP contribution in [0.1, 0.15) is 34.2 Å². The Hall–Kier alpha value is -2.89. The molecule has 3 aromatic rings. The number of H-pyrrole nitrogens is 1. The maximum absolute atomic E-state index is 12.8. The van der Waals surface area contributed by atoms with Crippen LogP contribution in [0, 0.1) is 6.92 Å². The third-order valence-corrected chi connectivity index (χ3v) is 3.98. The first-order chi connectivity index (χ1) is 10.6. The molecule has 1 aliphatic rings. The maximum atomic E-state index is 12.8. The second kappa shape index (κ2) is 4.56. The molecular weight excluding hydrogens is 282 g/mol. The lowest BCUT2D eigenvalue weighted by atomic mass is 9.87. The number of nitrogens with zero attached hydrogens (tertiary/aromatic N) is 1. The van der Waals surface area contributed by atoms with E-state index in [1.165, 1.54) is 0 Å². The summed E-state index contributed by atoms with van der Waals surface area (Å²) in [6.45, 7) is 1.84. The van der Waals surface area contributed by atoms with Crippen LogP contribution >= 0.6 is 0 Å². The molecule has 110 valence electrons. The monoisotopic (exact) mass is 295 g/mol. The Labute approximate surface area is 125 Å². The van der Waals surface area contributed by atoms with Crippen LogP contribution in [-0.4, -0.2) is 21.9 Å². The summed E-state index contributed by atoms with van der Waals surface area (Å²) in [4.78, 5) is 24.6. The fourth-order valence-electron chi connectivity index (χ4n) is 2.93. The van der Waals surface area contributed by atoms with Gasteiger partial charge in [-0.2, -0.15) is 5.10 Å². The van der Waals surface area contributed by atoms with Crippen molar-refractivity contribution in [3.05, 3.63) is 47.3 Å². The molecule has 3 heterocycles. The van der Waals surface area contributed by atoms with E-state index in [1.54, 1.807) is 6.07 Å². The second-order valence-corrected chi connectivity index (χ2v) is 5.43. The first-order valence-corrected chi connectivity index (χ1v) is 7.01. The summed E-state index contributed by atoms with van der Waals surface area (Å²) in [6, 6.07) is 9.16. The number of aromatic nitrogens is 2. The highest BCUT2D eigenvalue weighted by molar-refractivity contribution is 6.07. The molecular formula is C16H13N3O3. The summed E-state index contributed by atoms with van der Waals surface area (Å²) in [5.41, 5.74) is 2.18. The number of Topliss-reactive ketones (excluding diaryl/α,β-unsaturated/α-hetero) is 1. The number of carbonyl (C=O) groups is 2. The number of fused-ring (bicyclic) bond motifs is 2. The van der Waals surface area contributed by atoms with E-state index in [1.807, 2.05) is 31.2 Å². The van der Waals surface area contributed by atoms with Crippen molar-refractivity contribution in [1.82, 2.24) is 10.2 Å². The van der Waals surface area contributed by atoms with Crippen LogP contribution in [0.3, 0.4) is 0 Å². The molecule has 0 saturated heterocycles. The first kappa shape index (κ1) is 12.8. The van der Waals surface area contributed by atoms with Crippen LogP contribution in [0.15, 0.2) is 34.7 Å². The van der Waals surface area contributed by atoms with Gasteiger partial charge in [0.05, 0.1) is 5.92 Å². The van der Waals surface area contributed by atoms with Crippen molar-refractivity contribution in [1.29, 1.82) is 0 Å². The van der Waals surface area contributed by atoms with Gasteiger partial charge in [0.15, 0.2) is 11.6 Å². The molecule has 1 aliphatic heterocycles. The molecule has 0 unspecified atom stereocenters. The van der Waals surface area contributed by atoms with Crippen molar-refractivity contribution in [3.8, 4) is 0 Å². The third-order valence-electron chi connectivity index (χ3n) is 3.98. The molecule has 0 aliphatic carbocycles. The van der Waals surface area contributed by atoms with Gasteiger partial charge in [-0.05, 0) is 19.1 Å². The molecule has 1 atom stereocenters. The fraction of sp³-hybridized carbons (Fsp3) is 0.188. The molecule has 6 nitrogen and oxygen atoms in total. The number of para-hydroxylation sites is 1. The van der Waals surface area contributed by atoms with E-state index in [2.05, 4.69) is 15.5 Å². The zero-order chi connectivity index (χ0) is 15.3. The minimum absolute atomic E-state index is 0.100. The predicted octanol–water partition coefficient (Wildman–Crippen LogP) is 2.77. The van der Waals surface area contributed by atoms with Crippen LogP contribution in [0.25, 0.3) is 11.0 Å². The van der Waals surface area contributed by atoms with Gasteiger partial charge in [-0.1, -0.05) is 18.2 Å². The normalized spacial score (nSPS) is 17.3. The lowest BCUT2D eigenvalue weighted by Gasteiger charge is -2.20. The van der Waals surface area contributed by atoms with Gasteiger partial charge < -0.3 is 9.73 Å². The van der Waals surface area contributed by atoms with Crippen molar-refractivity contribution in [2.75, 3.05) is 5.32 Å². The Kier molecular flexibility index (Phi) is 2.66. The first-order valence-electron chi connectivity index (χ1n) is 7.01. The number of amides is 1. The van der Waals surface area contributed by atoms with E-state index in [0.29, 0.717) is 11.4 Å². The number of hydrogen-bond donors (Lipinski definition) is 2. The number of rotatable bonds is 2. The zero-order valence-electron chi connectivity index (χ0n) is 11.8. The lowest BCUT2D eigenvalue weighted by molar-refractivity contribution is -0.116. The number of aromatic amines is 1. The average Bonchev–Trinajstić information content (AvgIpc) is 3.09. The van der Waals surface area contributed by atoms with Gasteiger partial charge >= 0.3 is 0 Å². The van der Waals surface area contributed by atoms with Gasteiger partial charge in [0, 0.05) is 23.1 Å². The Morgan fingerprint density at radius 3 is 3.00 bits per heavy atom. The number of anilines is 1. The highest BCUT2D eigenvalue weighted by atomic mass is 16.3. The van der Waals surface area contributed by atoms with Crippen LogP contribution in [0.4, 0.5) is 5.82 Å². The number of benzene rings is 1. The van der Waals surface area contributed by atoms with E-state index in [-0.39, 0.29) is 23.9 Å². The fourth-order valence-corrected chi connectivity index (χ4v) is 2.93. The van der Waals surface area contributed by atoms with Crippen molar-refractivity contribution >= 4 is 28.5 Å². The number of carbonyl (C=O) groups excluding carboxylic acids is 2. The van der Waals surface area contributed by atoms with E-state index >= 15 is 0 Å². The molecule has 0 radical (unpaired) electrons. The average molecular weight is 295 g/mol. The highest BCUT2D eigenvalue weighted by Gasteiger charge is 2.35. The maximum Gasteiger partial charge on any atom is 0.226 e. The standard InChI is InChI=1S/C16H13N3O3/c1-8-14-10(7-13(20)17-16(14)19-18-8)15(21)12-6-9-4-2-3-5-11(9)22-12/h2-6,10H,7H2,1H3,(H2,17,18,19,20)/t10-/m0/s1. The van der Waals surface area contributed by atoms with Crippen molar-refractivity contribution in [3.63, 3.8) is 0 Å². The van der Waals surface area contributed by atoms with E-state index in [0.717, 1.165) is 16.6 Å². The van der Waals surface area contributed by atoms with Crippen molar-refractivity contribution in [2.45, 2.75) is 19.3 Å². The Balaban J connectivity index is 1.79. The van der Waals surface area contributed by atoms with Gasteiger partial charge in [-0.15, -0.1) is 0 Å². The molecule has 6 heteroatoms. The molecule has 0 spiro atoms. The summed E-state index contributed by atoms with van der Waals surface area (Å²) < 4.78 is 5.64. The summed E-state index contributed by atoms with van der Waals surface area (Å²) in [6.07, 6.45) is 0.100. The van der Waals surface area contributed by atoms with Crippen molar-refractivity contribution < 1.29 is 14.0 Å². The highest BCUT2D eigenvalue weighted by Crippen LogP contribution is 2.36. The number of ketones is 1. The topological polar surface area (TPSA) is 88.0 Å². The zero-order valence-corrected chi connectivity index (χ0v) is 11.8. The number of furan rings is 1. The molecule has 2 aromatic heterocycles. The van der Waals surface area contributed by atoms with Gasteiger partial charge in [0.25, 0.3) is 0 Å². The largest absolute Gasteiger partial charge is 0.453 e. The smallest absolute Gasteiger partial charge is 0.226 e. The molecule has 2 N–H and O–H groups in total. The lowest BCUT2D eigenvalue weighted by Crippen LogP contribution is -2.27. The van der Waals surface area contributed by atoms with E-state index < -0.39 is 5.92 Å². The number of hydrogen-bond acceptors (Lipinski definition) is 4. The Morgan fingerprint density at radius 1 is 1.36 bits per heavy atom. The minimum atomic E-state index is -0.567. The van der Waals surface area contributed by atoms with Gasteiger partial charge in [-0.25, -0.2) is 0 Å². The number of nitrogens with one attached hydrogen (secondary N) is 2. The quantitative estimate of drug-likeness (QED) is 0.711. The summed E-state index contributed by atoms with van der Waals surface area (Å²) >= 11 is 0. The predicted molar refractivity (Wildman–Crippen MR) is 79.9 cm³/mol. The summed E-state index contributed by atoms with van der Waals surface area (Å²) in [5, 5.41) is 10.4. The van der Waals surface area contributed by atoms with Crippen LogP contribution < -0.4 is 5.32 Å². The molecule has 22 heavy (non-hydrogen) atoms. The van der Waals surface area contributed by atoms with Gasteiger partial charge in [0.1, 0.15) is 5.58 Å².